The quantitative estimate of drug-likeness (QED) is 0.494. The van der Waals surface area contributed by atoms with E-state index >= 15 is 0 Å². The van der Waals surface area contributed by atoms with Crippen LogP contribution in [0.25, 0.3) is 0 Å². The smallest absolute Gasteiger partial charge is 0.347 e. The zero-order valence-corrected chi connectivity index (χ0v) is 8.25. The minimum absolute atomic E-state index is 0.294. The van der Waals surface area contributed by atoms with Crippen molar-refractivity contribution in [1.82, 2.24) is 0 Å². The normalized spacial score (nSPS) is 22.1. The fourth-order valence-electron chi connectivity index (χ4n) is 1.15. The van der Waals surface area contributed by atoms with Crippen LogP contribution in [0.3, 0.4) is 0 Å². The van der Waals surface area contributed by atoms with Crippen molar-refractivity contribution in [2.24, 2.45) is 0 Å². The zero-order chi connectivity index (χ0) is 10.6. The molecule has 14 heavy (non-hydrogen) atoms. The monoisotopic (exact) mass is 198 g/mol. The summed E-state index contributed by atoms with van der Waals surface area (Å²) >= 11 is 0. The SMILES string of the molecule is C=C(C)C(=O)OC1CCCCOC1=O. The van der Waals surface area contributed by atoms with Crippen LogP contribution in [0.4, 0.5) is 0 Å². The second kappa shape index (κ2) is 4.79. The second-order valence-corrected chi connectivity index (χ2v) is 3.34. The molecule has 1 aliphatic rings. The minimum atomic E-state index is -0.748. The molecule has 1 atom stereocenters. The number of esters is 2. The number of ether oxygens (including phenoxy) is 2. The number of carbonyl (C=O) groups excluding carboxylic acids is 2. The molecule has 0 bridgehead atoms. The standard InChI is InChI=1S/C10H14O4/c1-7(2)9(11)14-8-5-3-4-6-13-10(8)12/h8H,1,3-6H2,2H3. The lowest BCUT2D eigenvalue weighted by Gasteiger charge is -2.12. The first-order valence-electron chi connectivity index (χ1n) is 4.64. The van der Waals surface area contributed by atoms with E-state index in [1.165, 1.54) is 0 Å². The van der Waals surface area contributed by atoms with E-state index in [9.17, 15) is 9.59 Å². The van der Waals surface area contributed by atoms with Crippen LogP contribution in [-0.2, 0) is 19.1 Å². The molecule has 0 aromatic rings. The van der Waals surface area contributed by atoms with Crippen molar-refractivity contribution < 1.29 is 19.1 Å². The molecule has 0 amide bonds. The predicted molar refractivity (Wildman–Crippen MR) is 49.5 cm³/mol. The highest BCUT2D eigenvalue weighted by atomic mass is 16.6. The van der Waals surface area contributed by atoms with Crippen LogP contribution in [0.5, 0.6) is 0 Å². The Bertz CT molecular complexity index is 257. The summed E-state index contributed by atoms with van der Waals surface area (Å²) in [7, 11) is 0. The van der Waals surface area contributed by atoms with Gasteiger partial charge in [0.1, 0.15) is 0 Å². The molecule has 78 valence electrons. The largest absolute Gasteiger partial charge is 0.463 e. The zero-order valence-electron chi connectivity index (χ0n) is 8.25. The molecule has 1 unspecified atom stereocenters. The Morgan fingerprint density at radius 2 is 2.29 bits per heavy atom. The lowest BCUT2D eigenvalue weighted by Crippen LogP contribution is -2.27. The van der Waals surface area contributed by atoms with Gasteiger partial charge in [-0.05, 0) is 26.2 Å². The van der Waals surface area contributed by atoms with Gasteiger partial charge in [-0.1, -0.05) is 6.58 Å². The third kappa shape index (κ3) is 2.87. The molecule has 0 aliphatic carbocycles. The first-order chi connectivity index (χ1) is 6.61. The molecule has 0 saturated carbocycles. The Balaban J connectivity index is 2.52. The third-order valence-electron chi connectivity index (χ3n) is 1.97. The third-order valence-corrected chi connectivity index (χ3v) is 1.97. The van der Waals surface area contributed by atoms with Crippen LogP contribution in [0.1, 0.15) is 26.2 Å². The molecule has 1 aliphatic heterocycles. The Hall–Kier alpha value is -1.32. The van der Waals surface area contributed by atoms with Crippen molar-refractivity contribution in [1.29, 1.82) is 0 Å². The van der Waals surface area contributed by atoms with Gasteiger partial charge in [0.15, 0.2) is 6.10 Å². The highest BCUT2D eigenvalue weighted by molar-refractivity contribution is 5.89. The first kappa shape index (κ1) is 10.8. The average molecular weight is 198 g/mol. The first-order valence-corrected chi connectivity index (χ1v) is 4.64. The number of carbonyl (C=O) groups is 2. The fourth-order valence-corrected chi connectivity index (χ4v) is 1.15. The maximum Gasteiger partial charge on any atom is 0.347 e. The summed E-state index contributed by atoms with van der Waals surface area (Å²) < 4.78 is 9.78. The maximum atomic E-state index is 11.2. The summed E-state index contributed by atoms with van der Waals surface area (Å²) in [6.45, 7) is 5.40. The van der Waals surface area contributed by atoms with E-state index < -0.39 is 18.0 Å². The topological polar surface area (TPSA) is 52.6 Å². The molecule has 4 heteroatoms. The molecule has 1 saturated heterocycles. The van der Waals surface area contributed by atoms with E-state index in [1.807, 2.05) is 0 Å². The summed E-state index contributed by atoms with van der Waals surface area (Å²) in [6, 6.07) is 0. The van der Waals surface area contributed by atoms with Gasteiger partial charge in [-0.2, -0.15) is 0 Å². The number of cyclic esters (lactones) is 1. The lowest BCUT2D eigenvalue weighted by molar-refractivity contribution is -0.164. The van der Waals surface area contributed by atoms with Gasteiger partial charge < -0.3 is 9.47 Å². The fraction of sp³-hybridized carbons (Fsp3) is 0.600. The molecule has 0 radical (unpaired) electrons. The van der Waals surface area contributed by atoms with Gasteiger partial charge in [0.25, 0.3) is 0 Å². The molecule has 1 heterocycles. The molecule has 0 aromatic carbocycles. The highest BCUT2D eigenvalue weighted by Gasteiger charge is 2.26. The van der Waals surface area contributed by atoms with Gasteiger partial charge in [-0.15, -0.1) is 0 Å². The molecule has 4 nitrogen and oxygen atoms in total. The molecule has 0 spiro atoms. The minimum Gasteiger partial charge on any atom is -0.463 e. The molecule has 0 aromatic heterocycles. The van der Waals surface area contributed by atoms with Gasteiger partial charge in [0.05, 0.1) is 6.61 Å². The van der Waals surface area contributed by atoms with E-state index in [-0.39, 0.29) is 0 Å². The van der Waals surface area contributed by atoms with Crippen molar-refractivity contribution in [2.45, 2.75) is 32.3 Å². The number of hydrogen-bond donors (Lipinski definition) is 0. The summed E-state index contributed by atoms with van der Waals surface area (Å²) in [4.78, 5) is 22.4. The second-order valence-electron chi connectivity index (χ2n) is 3.34. The highest BCUT2D eigenvalue weighted by Crippen LogP contribution is 2.13. The summed E-state index contributed by atoms with van der Waals surface area (Å²) in [5, 5.41) is 0. The lowest BCUT2D eigenvalue weighted by atomic mass is 10.2. The van der Waals surface area contributed by atoms with Crippen LogP contribution in [0.2, 0.25) is 0 Å². The van der Waals surface area contributed by atoms with Crippen LogP contribution >= 0.6 is 0 Å². The van der Waals surface area contributed by atoms with Gasteiger partial charge in [0.2, 0.25) is 0 Å². The predicted octanol–water partition coefficient (Wildman–Crippen LogP) is 1.20. The average Bonchev–Trinajstić information content (AvgIpc) is 2.32. The Labute approximate surface area is 82.9 Å². The Kier molecular flexibility index (Phi) is 3.68. The van der Waals surface area contributed by atoms with Crippen molar-refractivity contribution in [3.63, 3.8) is 0 Å². The maximum absolute atomic E-state index is 11.2. The van der Waals surface area contributed by atoms with Gasteiger partial charge in [0, 0.05) is 5.57 Å². The number of hydrogen-bond acceptors (Lipinski definition) is 4. The van der Waals surface area contributed by atoms with E-state index in [0.29, 0.717) is 18.6 Å². The molecular weight excluding hydrogens is 184 g/mol. The summed E-state index contributed by atoms with van der Waals surface area (Å²) in [6.07, 6.45) is 1.45. The number of rotatable bonds is 2. The molecule has 1 rings (SSSR count). The van der Waals surface area contributed by atoms with Crippen molar-refractivity contribution in [3.05, 3.63) is 12.2 Å². The van der Waals surface area contributed by atoms with Gasteiger partial charge >= 0.3 is 11.9 Å². The van der Waals surface area contributed by atoms with Crippen LogP contribution in [0.15, 0.2) is 12.2 Å². The van der Waals surface area contributed by atoms with Crippen LogP contribution < -0.4 is 0 Å². The molecule has 0 N–H and O–H groups in total. The van der Waals surface area contributed by atoms with Gasteiger partial charge in [-0.3, -0.25) is 0 Å². The van der Waals surface area contributed by atoms with Crippen LogP contribution in [0, 0.1) is 0 Å². The van der Waals surface area contributed by atoms with Crippen molar-refractivity contribution >= 4 is 11.9 Å². The van der Waals surface area contributed by atoms with Crippen molar-refractivity contribution in [2.75, 3.05) is 6.61 Å². The van der Waals surface area contributed by atoms with E-state index in [2.05, 4.69) is 6.58 Å². The molecular formula is C10H14O4. The Morgan fingerprint density at radius 3 is 2.93 bits per heavy atom. The summed E-state index contributed by atoms with van der Waals surface area (Å²) in [5.41, 5.74) is 0.294. The van der Waals surface area contributed by atoms with Crippen LogP contribution in [-0.4, -0.2) is 24.6 Å². The van der Waals surface area contributed by atoms with Gasteiger partial charge in [-0.25, -0.2) is 9.59 Å². The molecule has 1 fully saturated rings. The van der Waals surface area contributed by atoms with E-state index in [1.54, 1.807) is 6.92 Å². The van der Waals surface area contributed by atoms with E-state index in [4.69, 9.17) is 9.47 Å². The van der Waals surface area contributed by atoms with E-state index in [0.717, 1.165) is 12.8 Å². The van der Waals surface area contributed by atoms with Crippen molar-refractivity contribution in [3.8, 4) is 0 Å². The Morgan fingerprint density at radius 1 is 1.57 bits per heavy atom. The summed E-state index contributed by atoms with van der Waals surface area (Å²) in [5.74, 6) is -0.981.